The van der Waals surface area contributed by atoms with Crippen LogP contribution in [0.5, 0.6) is 11.5 Å². The maximum atomic E-state index is 5.43. The van der Waals surface area contributed by atoms with Crippen molar-refractivity contribution in [2.75, 3.05) is 14.2 Å². The summed E-state index contributed by atoms with van der Waals surface area (Å²) in [5, 5.41) is 3.41. The average molecular weight is 301 g/mol. The number of rotatable bonds is 6. The highest BCUT2D eigenvalue weighted by Gasteiger charge is 2.40. The van der Waals surface area contributed by atoms with Gasteiger partial charge in [-0.3, -0.25) is 5.43 Å². The molecule has 1 heterocycles. The van der Waals surface area contributed by atoms with Gasteiger partial charge in [-0.2, -0.15) is 0 Å². The summed E-state index contributed by atoms with van der Waals surface area (Å²) >= 11 is 0. The number of hydrazine groups is 1. The number of methoxy groups -OCH3 is 2. The van der Waals surface area contributed by atoms with Crippen molar-refractivity contribution in [3.63, 3.8) is 0 Å². The van der Waals surface area contributed by atoms with E-state index in [0.717, 1.165) is 22.9 Å². The van der Waals surface area contributed by atoms with E-state index in [1.54, 1.807) is 14.2 Å². The molecule has 22 heavy (non-hydrogen) atoms. The molecule has 0 spiro atoms. The Morgan fingerprint density at radius 2 is 2.05 bits per heavy atom. The summed E-state index contributed by atoms with van der Waals surface area (Å²) in [5.74, 6) is 2.59. The fourth-order valence-electron chi connectivity index (χ4n) is 2.53. The normalized spacial score (nSPS) is 18.3. The van der Waals surface area contributed by atoms with Crippen LogP contribution < -0.4 is 25.6 Å². The molecule has 0 bridgehead atoms. The highest BCUT2D eigenvalue weighted by atomic mass is 16.5. The summed E-state index contributed by atoms with van der Waals surface area (Å²) in [6, 6.07) is 5.85. The molecule has 0 radical (unpaired) electrons. The van der Waals surface area contributed by atoms with Gasteiger partial charge in [0.15, 0.2) is 0 Å². The lowest BCUT2D eigenvalue weighted by Gasteiger charge is -2.22. The Kier molecular flexibility index (Phi) is 3.88. The zero-order chi connectivity index (χ0) is 15.6. The van der Waals surface area contributed by atoms with Crippen molar-refractivity contribution in [3.05, 3.63) is 47.4 Å². The standard InChI is InChI=1S/C17H23N3O2/c1-17(6-7-17)13-8-16(20-19-11-13)18-10-12-4-5-14(21-2)9-15(12)22-3/h4-5,8-9,11,18-20H,6-7,10H2,1-3H3. The van der Waals surface area contributed by atoms with Crippen LogP contribution in [0, 0.1) is 5.41 Å². The molecular weight excluding hydrogens is 278 g/mol. The lowest BCUT2D eigenvalue weighted by Crippen LogP contribution is -2.37. The Morgan fingerprint density at radius 3 is 2.73 bits per heavy atom. The minimum absolute atomic E-state index is 0.347. The molecule has 1 saturated carbocycles. The molecule has 0 aromatic heterocycles. The number of allylic oxidation sites excluding steroid dienone is 2. The maximum absolute atomic E-state index is 5.43. The number of hydrogen-bond acceptors (Lipinski definition) is 5. The van der Waals surface area contributed by atoms with Crippen LogP contribution in [-0.2, 0) is 6.54 Å². The summed E-state index contributed by atoms with van der Waals surface area (Å²) in [7, 11) is 3.33. The Labute approximate surface area is 131 Å². The fourth-order valence-corrected chi connectivity index (χ4v) is 2.53. The Balaban J connectivity index is 1.67. The summed E-state index contributed by atoms with van der Waals surface area (Å²) in [5.41, 5.74) is 9.03. The number of benzene rings is 1. The van der Waals surface area contributed by atoms with E-state index in [-0.39, 0.29) is 0 Å². The average Bonchev–Trinajstić information content (AvgIpc) is 3.32. The smallest absolute Gasteiger partial charge is 0.127 e. The molecule has 1 aromatic rings. The van der Waals surface area contributed by atoms with Crippen LogP contribution in [0.3, 0.4) is 0 Å². The van der Waals surface area contributed by atoms with Crippen molar-refractivity contribution in [3.8, 4) is 11.5 Å². The van der Waals surface area contributed by atoms with Gasteiger partial charge < -0.3 is 20.2 Å². The topological polar surface area (TPSA) is 54.5 Å². The first-order chi connectivity index (χ1) is 10.6. The molecule has 1 aliphatic carbocycles. The highest BCUT2D eigenvalue weighted by Crippen LogP contribution is 2.51. The van der Waals surface area contributed by atoms with Crippen LogP contribution in [0.4, 0.5) is 0 Å². The van der Waals surface area contributed by atoms with Gasteiger partial charge in [-0.05, 0) is 42.0 Å². The molecule has 1 aliphatic heterocycles. The molecule has 0 saturated heterocycles. The van der Waals surface area contributed by atoms with E-state index in [9.17, 15) is 0 Å². The highest BCUT2D eigenvalue weighted by molar-refractivity contribution is 5.41. The van der Waals surface area contributed by atoms with Crippen molar-refractivity contribution < 1.29 is 9.47 Å². The van der Waals surface area contributed by atoms with E-state index in [2.05, 4.69) is 29.2 Å². The molecule has 1 aromatic carbocycles. The predicted octanol–water partition coefficient (Wildman–Crippen LogP) is 2.43. The van der Waals surface area contributed by atoms with Crippen LogP contribution in [0.1, 0.15) is 25.3 Å². The number of hydrogen-bond donors (Lipinski definition) is 3. The molecule has 1 fully saturated rings. The zero-order valence-corrected chi connectivity index (χ0v) is 13.3. The third-order valence-electron chi connectivity index (χ3n) is 4.39. The summed E-state index contributed by atoms with van der Waals surface area (Å²) in [6.07, 6.45) is 6.75. The summed E-state index contributed by atoms with van der Waals surface area (Å²) in [6.45, 7) is 2.98. The first kappa shape index (κ1) is 14.6. The van der Waals surface area contributed by atoms with E-state index in [4.69, 9.17) is 9.47 Å². The summed E-state index contributed by atoms with van der Waals surface area (Å²) < 4.78 is 10.6. The van der Waals surface area contributed by atoms with Crippen LogP contribution in [0.25, 0.3) is 0 Å². The molecule has 5 nitrogen and oxygen atoms in total. The molecule has 0 amide bonds. The van der Waals surface area contributed by atoms with Crippen molar-refractivity contribution in [1.82, 2.24) is 16.2 Å². The molecule has 2 aliphatic rings. The lowest BCUT2D eigenvalue weighted by molar-refractivity contribution is 0.390. The number of nitrogens with one attached hydrogen (secondary N) is 3. The number of ether oxygens (including phenoxy) is 2. The lowest BCUT2D eigenvalue weighted by atomic mass is 9.98. The molecule has 5 heteroatoms. The van der Waals surface area contributed by atoms with Crippen molar-refractivity contribution in [2.24, 2.45) is 5.41 Å². The van der Waals surface area contributed by atoms with Gasteiger partial charge in [-0.1, -0.05) is 6.92 Å². The Morgan fingerprint density at radius 1 is 1.23 bits per heavy atom. The predicted molar refractivity (Wildman–Crippen MR) is 86.2 cm³/mol. The van der Waals surface area contributed by atoms with Crippen molar-refractivity contribution >= 4 is 0 Å². The van der Waals surface area contributed by atoms with E-state index < -0.39 is 0 Å². The van der Waals surface area contributed by atoms with Crippen LogP contribution in [0.15, 0.2) is 41.9 Å². The van der Waals surface area contributed by atoms with Gasteiger partial charge in [-0.15, -0.1) is 0 Å². The molecule has 3 N–H and O–H groups in total. The quantitative estimate of drug-likeness (QED) is 0.753. The van der Waals surface area contributed by atoms with Gasteiger partial charge in [0.05, 0.1) is 14.2 Å². The Bertz CT molecular complexity index is 618. The van der Waals surface area contributed by atoms with Gasteiger partial charge in [0.1, 0.15) is 17.3 Å². The first-order valence-electron chi connectivity index (χ1n) is 7.53. The third kappa shape index (κ3) is 2.98. The monoisotopic (exact) mass is 301 g/mol. The molecule has 0 atom stereocenters. The minimum atomic E-state index is 0.347. The van der Waals surface area contributed by atoms with Crippen LogP contribution in [0.2, 0.25) is 0 Å². The van der Waals surface area contributed by atoms with Crippen molar-refractivity contribution in [2.45, 2.75) is 26.3 Å². The Hall–Kier alpha value is -2.30. The second-order valence-corrected chi connectivity index (χ2v) is 6.02. The fraction of sp³-hybridized carbons (Fsp3) is 0.412. The van der Waals surface area contributed by atoms with Gasteiger partial charge >= 0.3 is 0 Å². The van der Waals surface area contributed by atoms with Gasteiger partial charge in [0.2, 0.25) is 0 Å². The van der Waals surface area contributed by atoms with E-state index in [0.29, 0.717) is 12.0 Å². The molecule has 3 rings (SSSR count). The van der Waals surface area contributed by atoms with Gasteiger partial charge in [0, 0.05) is 24.4 Å². The third-order valence-corrected chi connectivity index (χ3v) is 4.39. The van der Waals surface area contributed by atoms with Crippen molar-refractivity contribution in [1.29, 1.82) is 0 Å². The van der Waals surface area contributed by atoms with Gasteiger partial charge in [-0.25, -0.2) is 0 Å². The molecule has 118 valence electrons. The maximum Gasteiger partial charge on any atom is 0.127 e. The van der Waals surface area contributed by atoms with E-state index >= 15 is 0 Å². The van der Waals surface area contributed by atoms with E-state index in [1.165, 1.54) is 18.4 Å². The minimum Gasteiger partial charge on any atom is -0.497 e. The largest absolute Gasteiger partial charge is 0.497 e. The second-order valence-electron chi connectivity index (χ2n) is 6.02. The van der Waals surface area contributed by atoms with Crippen LogP contribution in [-0.4, -0.2) is 14.2 Å². The second kappa shape index (κ2) is 5.83. The van der Waals surface area contributed by atoms with Gasteiger partial charge in [0.25, 0.3) is 0 Å². The zero-order valence-electron chi connectivity index (χ0n) is 13.3. The van der Waals surface area contributed by atoms with E-state index in [1.807, 2.05) is 24.4 Å². The SMILES string of the molecule is COc1ccc(CNC2=CC(C3(C)CC3)=CNN2)c(OC)c1. The summed E-state index contributed by atoms with van der Waals surface area (Å²) in [4.78, 5) is 0. The molecule has 0 unspecified atom stereocenters. The van der Waals surface area contributed by atoms with Crippen LogP contribution >= 0.6 is 0 Å². The molecular formula is C17H23N3O2. The first-order valence-corrected chi connectivity index (χ1v) is 7.53.